The van der Waals surface area contributed by atoms with E-state index in [0.29, 0.717) is 13.0 Å². The molecule has 0 bridgehead atoms. The average molecular weight is 234 g/mol. The third kappa shape index (κ3) is 2.67. The molecular formula is C14H18O3. The van der Waals surface area contributed by atoms with Gasteiger partial charge in [-0.05, 0) is 25.0 Å². The summed E-state index contributed by atoms with van der Waals surface area (Å²) in [6.07, 6.45) is 0.897. The van der Waals surface area contributed by atoms with Gasteiger partial charge < -0.3 is 9.47 Å². The van der Waals surface area contributed by atoms with Crippen molar-refractivity contribution in [3.63, 3.8) is 0 Å². The van der Waals surface area contributed by atoms with Crippen molar-refractivity contribution in [1.29, 1.82) is 0 Å². The fraction of sp³-hybridized carbons (Fsp3) is 0.500. The summed E-state index contributed by atoms with van der Waals surface area (Å²) in [6.45, 7) is 4.64. The first kappa shape index (κ1) is 12.1. The molecule has 0 aliphatic heterocycles. The minimum atomic E-state index is -0.366. The minimum Gasteiger partial charge on any atom is -0.486 e. The monoisotopic (exact) mass is 234 g/mol. The maximum atomic E-state index is 11.4. The van der Waals surface area contributed by atoms with E-state index in [4.69, 9.17) is 9.47 Å². The van der Waals surface area contributed by atoms with E-state index in [1.807, 2.05) is 38.1 Å². The van der Waals surface area contributed by atoms with Crippen LogP contribution in [0.4, 0.5) is 0 Å². The van der Waals surface area contributed by atoms with E-state index < -0.39 is 0 Å². The van der Waals surface area contributed by atoms with Crippen LogP contribution in [0.2, 0.25) is 0 Å². The number of ketones is 1. The van der Waals surface area contributed by atoms with Crippen LogP contribution in [-0.4, -0.2) is 24.6 Å². The first-order chi connectivity index (χ1) is 8.22. The summed E-state index contributed by atoms with van der Waals surface area (Å²) >= 11 is 0. The Balaban J connectivity index is 1.95. The molecule has 1 aliphatic carbocycles. The highest BCUT2D eigenvalue weighted by Gasteiger charge is 2.42. The van der Waals surface area contributed by atoms with Crippen molar-refractivity contribution >= 4 is 5.78 Å². The zero-order chi connectivity index (χ0) is 12.3. The summed E-state index contributed by atoms with van der Waals surface area (Å²) in [4.78, 5) is 11.4. The normalized spacial score (nSPS) is 23.3. The molecule has 0 heterocycles. The number of para-hydroxylation sites is 1. The van der Waals surface area contributed by atoms with Crippen molar-refractivity contribution in [1.82, 2.24) is 0 Å². The number of carbonyl (C=O) groups excluding carboxylic acids is 1. The van der Waals surface area contributed by atoms with Crippen LogP contribution < -0.4 is 4.74 Å². The van der Waals surface area contributed by atoms with Gasteiger partial charge in [-0.25, -0.2) is 0 Å². The molecule has 2 rings (SSSR count). The van der Waals surface area contributed by atoms with Crippen LogP contribution in [0.25, 0.3) is 0 Å². The molecule has 1 fully saturated rings. The summed E-state index contributed by atoms with van der Waals surface area (Å²) in [5, 5.41) is 0. The number of carbonyl (C=O) groups is 1. The largest absolute Gasteiger partial charge is 0.486 e. The Hall–Kier alpha value is -1.35. The van der Waals surface area contributed by atoms with Crippen molar-refractivity contribution in [2.45, 2.75) is 38.9 Å². The van der Waals surface area contributed by atoms with Crippen LogP contribution in [-0.2, 0) is 9.53 Å². The van der Waals surface area contributed by atoms with E-state index in [2.05, 4.69) is 0 Å². The molecule has 1 aromatic rings. The molecule has 0 radical (unpaired) electrons. The highest BCUT2D eigenvalue weighted by atomic mass is 16.5. The average Bonchev–Trinajstić information content (AvgIpc) is 2.31. The Morgan fingerprint density at radius 2 is 2.12 bits per heavy atom. The van der Waals surface area contributed by atoms with E-state index in [-0.39, 0.29) is 18.0 Å². The van der Waals surface area contributed by atoms with Crippen LogP contribution in [0, 0.1) is 6.92 Å². The van der Waals surface area contributed by atoms with Crippen LogP contribution in [0.3, 0.4) is 0 Å². The third-order valence-corrected chi connectivity index (χ3v) is 2.93. The number of benzene rings is 1. The SMILES string of the molecule is CCCOC1C(=O)CC1Oc1ccccc1C. The van der Waals surface area contributed by atoms with Gasteiger partial charge in [0.2, 0.25) is 0 Å². The van der Waals surface area contributed by atoms with Crippen molar-refractivity contribution in [2.75, 3.05) is 6.61 Å². The van der Waals surface area contributed by atoms with E-state index in [1.165, 1.54) is 0 Å². The lowest BCUT2D eigenvalue weighted by molar-refractivity contribution is -0.154. The summed E-state index contributed by atoms with van der Waals surface area (Å²) in [6, 6.07) is 7.83. The molecule has 0 spiro atoms. The van der Waals surface area contributed by atoms with Crippen molar-refractivity contribution in [3.8, 4) is 5.75 Å². The molecule has 17 heavy (non-hydrogen) atoms. The van der Waals surface area contributed by atoms with Crippen molar-refractivity contribution in [3.05, 3.63) is 29.8 Å². The predicted octanol–water partition coefficient (Wildman–Crippen LogP) is 2.51. The van der Waals surface area contributed by atoms with Gasteiger partial charge in [0.25, 0.3) is 0 Å². The quantitative estimate of drug-likeness (QED) is 0.785. The minimum absolute atomic E-state index is 0.116. The van der Waals surface area contributed by atoms with E-state index in [1.54, 1.807) is 0 Å². The molecule has 3 heteroatoms. The molecule has 1 aromatic carbocycles. The molecular weight excluding hydrogens is 216 g/mol. The molecule has 3 nitrogen and oxygen atoms in total. The molecule has 0 aromatic heterocycles. The fourth-order valence-electron chi connectivity index (χ4n) is 1.87. The van der Waals surface area contributed by atoms with Gasteiger partial charge in [0.1, 0.15) is 11.9 Å². The highest BCUT2D eigenvalue weighted by molar-refractivity contribution is 5.90. The topological polar surface area (TPSA) is 35.5 Å². The molecule has 1 aliphatic rings. The smallest absolute Gasteiger partial charge is 0.169 e. The molecule has 0 amide bonds. The van der Waals surface area contributed by atoms with Gasteiger partial charge in [-0.1, -0.05) is 25.1 Å². The van der Waals surface area contributed by atoms with Crippen molar-refractivity contribution in [2.24, 2.45) is 0 Å². The van der Waals surface area contributed by atoms with Gasteiger partial charge in [0.15, 0.2) is 11.9 Å². The third-order valence-electron chi connectivity index (χ3n) is 2.93. The second kappa shape index (κ2) is 5.32. The molecule has 2 atom stereocenters. The summed E-state index contributed by atoms with van der Waals surface area (Å²) in [5.74, 6) is 0.993. The maximum Gasteiger partial charge on any atom is 0.169 e. The zero-order valence-electron chi connectivity index (χ0n) is 10.3. The molecule has 92 valence electrons. The Bertz CT molecular complexity index is 400. The second-order valence-corrected chi connectivity index (χ2v) is 4.38. The summed E-state index contributed by atoms with van der Waals surface area (Å²) in [7, 11) is 0. The van der Waals surface area contributed by atoms with Crippen LogP contribution in [0.15, 0.2) is 24.3 Å². The van der Waals surface area contributed by atoms with E-state index in [9.17, 15) is 4.79 Å². The fourth-order valence-corrected chi connectivity index (χ4v) is 1.87. The molecule has 1 saturated carbocycles. The maximum absolute atomic E-state index is 11.4. The first-order valence-electron chi connectivity index (χ1n) is 6.09. The Kier molecular flexibility index (Phi) is 3.79. The van der Waals surface area contributed by atoms with Crippen molar-refractivity contribution < 1.29 is 14.3 Å². The van der Waals surface area contributed by atoms with Gasteiger partial charge >= 0.3 is 0 Å². The molecule has 0 N–H and O–H groups in total. The summed E-state index contributed by atoms with van der Waals surface area (Å²) in [5.41, 5.74) is 1.08. The van der Waals surface area contributed by atoms with Gasteiger partial charge in [0.05, 0.1) is 0 Å². The van der Waals surface area contributed by atoms with Crippen LogP contribution >= 0.6 is 0 Å². The molecule has 2 unspecified atom stereocenters. The number of hydrogen-bond donors (Lipinski definition) is 0. The Labute approximate surface area is 102 Å². The number of ether oxygens (including phenoxy) is 2. The Morgan fingerprint density at radius 1 is 1.35 bits per heavy atom. The van der Waals surface area contributed by atoms with Gasteiger partial charge in [-0.15, -0.1) is 0 Å². The lowest BCUT2D eigenvalue weighted by atomic mass is 9.90. The second-order valence-electron chi connectivity index (χ2n) is 4.38. The number of Topliss-reactive ketones (excluding diaryl/α,β-unsaturated/α-hetero) is 1. The van der Waals surface area contributed by atoms with Gasteiger partial charge in [-0.3, -0.25) is 4.79 Å². The zero-order valence-corrected chi connectivity index (χ0v) is 10.3. The number of aryl methyl sites for hydroxylation is 1. The summed E-state index contributed by atoms with van der Waals surface area (Å²) < 4.78 is 11.3. The molecule has 0 saturated heterocycles. The van der Waals surface area contributed by atoms with Gasteiger partial charge in [0, 0.05) is 13.0 Å². The van der Waals surface area contributed by atoms with E-state index in [0.717, 1.165) is 17.7 Å². The first-order valence-corrected chi connectivity index (χ1v) is 6.09. The standard InChI is InChI=1S/C14H18O3/c1-3-8-16-14-11(15)9-13(14)17-12-7-5-4-6-10(12)2/h4-7,13-14H,3,8-9H2,1-2H3. The lowest BCUT2D eigenvalue weighted by Gasteiger charge is -2.35. The van der Waals surface area contributed by atoms with Crippen LogP contribution in [0.5, 0.6) is 5.75 Å². The lowest BCUT2D eigenvalue weighted by Crippen LogP contribution is -2.52. The predicted molar refractivity (Wildman–Crippen MR) is 65.3 cm³/mol. The number of hydrogen-bond acceptors (Lipinski definition) is 3. The number of rotatable bonds is 5. The Morgan fingerprint density at radius 3 is 2.76 bits per heavy atom. The van der Waals surface area contributed by atoms with Crippen LogP contribution in [0.1, 0.15) is 25.3 Å². The highest BCUT2D eigenvalue weighted by Crippen LogP contribution is 2.27. The van der Waals surface area contributed by atoms with Gasteiger partial charge in [-0.2, -0.15) is 0 Å². The van der Waals surface area contributed by atoms with E-state index >= 15 is 0 Å².